The fraction of sp³-hybridized carbons (Fsp3) is 0.625. The first-order valence-electron chi connectivity index (χ1n) is 7.59. The first kappa shape index (κ1) is 15.0. The minimum Gasteiger partial charge on any atom is -0.390 e. The molecule has 2 saturated heterocycles. The monoisotopic (exact) mass is 312 g/mol. The molecule has 2 atom stereocenters. The van der Waals surface area contributed by atoms with Crippen LogP contribution in [0.25, 0.3) is 0 Å². The van der Waals surface area contributed by atoms with E-state index in [1.807, 2.05) is 0 Å². The molecule has 0 radical (unpaired) electrons. The molecule has 0 saturated carbocycles. The molecule has 2 aliphatic heterocycles. The van der Waals surface area contributed by atoms with Crippen molar-refractivity contribution in [3.8, 4) is 0 Å². The summed E-state index contributed by atoms with van der Waals surface area (Å²) in [6.45, 7) is 0. The van der Waals surface area contributed by atoms with Crippen LogP contribution < -0.4 is 0 Å². The fourth-order valence-electron chi connectivity index (χ4n) is 3.77. The quantitative estimate of drug-likeness (QED) is 0.933. The molecule has 2 fully saturated rings. The Labute approximate surface area is 125 Å². The van der Waals surface area contributed by atoms with Gasteiger partial charge in [-0.2, -0.15) is 0 Å². The summed E-state index contributed by atoms with van der Waals surface area (Å²) < 4.78 is 37.4. The van der Waals surface area contributed by atoms with Crippen LogP contribution in [0.15, 0.2) is 24.3 Å². The predicted octanol–water partition coefficient (Wildman–Crippen LogP) is 2.62. The molecule has 116 valence electrons. The molecule has 2 aliphatic rings. The van der Waals surface area contributed by atoms with E-state index in [1.54, 1.807) is 12.1 Å². The predicted molar refractivity (Wildman–Crippen MR) is 79.3 cm³/mol. The van der Waals surface area contributed by atoms with Crippen LogP contribution in [0.1, 0.15) is 44.1 Å². The molecule has 5 heteroatoms. The van der Waals surface area contributed by atoms with Gasteiger partial charge in [0.2, 0.25) is 0 Å². The van der Waals surface area contributed by atoms with E-state index in [4.69, 9.17) is 0 Å². The maximum Gasteiger partial charge on any atom is 0.156 e. The zero-order valence-corrected chi connectivity index (χ0v) is 12.8. The number of hydrogen-bond donors (Lipinski definition) is 1. The van der Waals surface area contributed by atoms with E-state index < -0.39 is 15.4 Å². The summed E-state index contributed by atoms with van der Waals surface area (Å²) in [5, 5.41) is 10.0. The summed E-state index contributed by atoms with van der Waals surface area (Å²) in [4.78, 5) is 0. The lowest BCUT2D eigenvalue weighted by atomic mass is 9.81. The summed E-state index contributed by atoms with van der Waals surface area (Å²) >= 11 is 0. The van der Waals surface area contributed by atoms with Gasteiger partial charge in [0.25, 0.3) is 0 Å². The van der Waals surface area contributed by atoms with Crippen molar-refractivity contribution in [2.45, 2.75) is 61.0 Å². The summed E-state index contributed by atoms with van der Waals surface area (Å²) in [7, 11) is -3.03. The van der Waals surface area contributed by atoms with E-state index in [1.165, 1.54) is 12.1 Å². The van der Waals surface area contributed by atoms with Gasteiger partial charge in [-0.15, -0.1) is 0 Å². The van der Waals surface area contributed by atoms with E-state index in [9.17, 15) is 17.9 Å². The van der Waals surface area contributed by atoms with Gasteiger partial charge in [0, 0.05) is 0 Å². The minimum absolute atomic E-state index is 0.268. The Hall–Kier alpha value is -0.940. The van der Waals surface area contributed by atoms with Crippen LogP contribution >= 0.6 is 0 Å². The van der Waals surface area contributed by atoms with Crippen LogP contribution in [-0.2, 0) is 16.3 Å². The largest absolute Gasteiger partial charge is 0.390 e. The average Bonchev–Trinajstić information content (AvgIpc) is 2.41. The minimum atomic E-state index is -3.03. The molecule has 0 aliphatic carbocycles. The van der Waals surface area contributed by atoms with Gasteiger partial charge in [-0.3, -0.25) is 0 Å². The average molecular weight is 312 g/mol. The Morgan fingerprint density at radius 3 is 2.29 bits per heavy atom. The molecule has 3 rings (SSSR count). The van der Waals surface area contributed by atoms with Gasteiger partial charge in [0.1, 0.15) is 5.82 Å². The highest BCUT2D eigenvalue weighted by molar-refractivity contribution is 7.92. The number of fused-ring (bicyclic) bond motifs is 2. The van der Waals surface area contributed by atoms with E-state index in [0.29, 0.717) is 38.5 Å². The molecule has 0 amide bonds. The van der Waals surface area contributed by atoms with Gasteiger partial charge in [0.15, 0.2) is 9.84 Å². The van der Waals surface area contributed by atoms with Crippen LogP contribution in [-0.4, -0.2) is 29.6 Å². The summed E-state index contributed by atoms with van der Waals surface area (Å²) in [5.74, 6) is -0.268. The summed E-state index contributed by atoms with van der Waals surface area (Å²) in [6.07, 6.45) is 4.20. The SMILES string of the molecule is O=S1(=O)C2CCCC1CC(O)(CCc1ccc(F)cc1)C2. The van der Waals surface area contributed by atoms with E-state index in [0.717, 1.165) is 12.0 Å². The van der Waals surface area contributed by atoms with Crippen molar-refractivity contribution in [3.63, 3.8) is 0 Å². The molecule has 1 aromatic rings. The first-order chi connectivity index (χ1) is 9.89. The van der Waals surface area contributed by atoms with Gasteiger partial charge < -0.3 is 5.11 Å². The standard InChI is InChI=1S/C16H21FO3S/c17-13-6-4-12(5-7-13)8-9-16(18)10-14-2-1-3-15(11-16)21(14,19)20/h4-7,14-15,18H,1-3,8-11H2. The number of hydrogen-bond acceptors (Lipinski definition) is 3. The highest BCUT2D eigenvalue weighted by atomic mass is 32.2. The zero-order valence-electron chi connectivity index (χ0n) is 12.0. The Balaban J connectivity index is 1.69. The van der Waals surface area contributed by atoms with Gasteiger partial charge in [0.05, 0.1) is 16.1 Å². The lowest BCUT2D eigenvalue weighted by Gasteiger charge is -2.44. The highest BCUT2D eigenvalue weighted by Crippen LogP contribution is 2.43. The molecular formula is C16H21FO3S. The molecule has 1 N–H and O–H groups in total. The Bertz CT molecular complexity index is 589. The van der Waals surface area contributed by atoms with Crippen LogP contribution in [0, 0.1) is 5.82 Å². The maximum atomic E-state index is 12.9. The van der Waals surface area contributed by atoms with Crippen molar-refractivity contribution >= 4 is 9.84 Å². The molecular weight excluding hydrogens is 291 g/mol. The summed E-state index contributed by atoms with van der Waals surface area (Å²) in [5.41, 5.74) is 0.0820. The third kappa shape index (κ3) is 2.99. The van der Waals surface area contributed by atoms with Crippen molar-refractivity contribution < 1.29 is 17.9 Å². The van der Waals surface area contributed by atoms with E-state index in [2.05, 4.69) is 0 Å². The van der Waals surface area contributed by atoms with Gasteiger partial charge >= 0.3 is 0 Å². The molecule has 2 unspecified atom stereocenters. The molecule has 3 nitrogen and oxygen atoms in total. The third-order valence-corrected chi connectivity index (χ3v) is 7.65. The molecule has 1 aromatic carbocycles. The Kier molecular flexibility index (Phi) is 3.82. The molecule has 2 heterocycles. The topological polar surface area (TPSA) is 54.4 Å². The third-order valence-electron chi connectivity index (χ3n) is 4.99. The molecule has 0 aromatic heterocycles. The van der Waals surface area contributed by atoms with Gasteiger partial charge in [-0.05, 0) is 56.2 Å². The van der Waals surface area contributed by atoms with Crippen molar-refractivity contribution in [3.05, 3.63) is 35.6 Å². The second kappa shape index (κ2) is 5.36. The number of aliphatic hydroxyl groups is 1. The van der Waals surface area contributed by atoms with Crippen LogP contribution in [0.4, 0.5) is 4.39 Å². The summed E-state index contributed by atoms with van der Waals surface area (Å²) in [6, 6.07) is 6.27. The fourth-order valence-corrected chi connectivity index (χ4v) is 6.39. The van der Waals surface area contributed by atoms with Gasteiger partial charge in [-0.25, -0.2) is 12.8 Å². The second-order valence-corrected chi connectivity index (χ2v) is 9.03. The van der Waals surface area contributed by atoms with E-state index >= 15 is 0 Å². The lowest BCUT2D eigenvalue weighted by molar-refractivity contribution is 0.00195. The highest BCUT2D eigenvalue weighted by Gasteiger charge is 2.49. The maximum absolute atomic E-state index is 12.9. The molecule has 0 spiro atoms. The number of benzene rings is 1. The Morgan fingerprint density at radius 1 is 1.14 bits per heavy atom. The van der Waals surface area contributed by atoms with Crippen LogP contribution in [0.3, 0.4) is 0 Å². The smallest absolute Gasteiger partial charge is 0.156 e. The van der Waals surface area contributed by atoms with Crippen molar-refractivity contribution in [2.24, 2.45) is 0 Å². The van der Waals surface area contributed by atoms with Crippen LogP contribution in [0.2, 0.25) is 0 Å². The van der Waals surface area contributed by atoms with E-state index in [-0.39, 0.29) is 16.3 Å². The number of sulfone groups is 1. The number of aryl methyl sites for hydroxylation is 1. The van der Waals surface area contributed by atoms with Crippen LogP contribution in [0.5, 0.6) is 0 Å². The van der Waals surface area contributed by atoms with Crippen molar-refractivity contribution in [2.75, 3.05) is 0 Å². The number of halogens is 1. The molecule has 2 bridgehead atoms. The van der Waals surface area contributed by atoms with Crippen molar-refractivity contribution in [1.29, 1.82) is 0 Å². The van der Waals surface area contributed by atoms with Crippen molar-refractivity contribution in [1.82, 2.24) is 0 Å². The normalized spacial score (nSPS) is 34.6. The molecule has 21 heavy (non-hydrogen) atoms. The Morgan fingerprint density at radius 2 is 1.71 bits per heavy atom. The zero-order chi connectivity index (χ0) is 15.1. The lowest BCUT2D eigenvalue weighted by Crippen LogP contribution is -2.51. The second-order valence-electron chi connectivity index (χ2n) is 6.52. The number of rotatable bonds is 3. The van der Waals surface area contributed by atoms with Gasteiger partial charge in [-0.1, -0.05) is 18.6 Å². The first-order valence-corrected chi connectivity index (χ1v) is 9.20.